The summed E-state index contributed by atoms with van der Waals surface area (Å²) in [5.74, 6) is -0.112. The Morgan fingerprint density at radius 2 is 2.26 bits per heavy atom. The van der Waals surface area contributed by atoms with Crippen LogP contribution in [0.25, 0.3) is 11.1 Å². The smallest absolute Gasteiger partial charge is 0.408 e. The minimum Gasteiger partial charge on any atom is -0.408 e. The number of aromatic nitrogens is 1. The Morgan fingerprint density at radius 1 is 1.47 bits per heavy atom. The lowest BCUT2D eigenvalue weighted by atomic mass is 10.3. The Bertz CT molecular complexity index is 682. The van der Waals surface area contributed by atoms with E-state index in [9.17, 15) is 9.59 Å². The molecule has 19 heavy (non-hydrogen) atoms. The molecule has 0 atom stereocenters. The van der Waals surface area contributed by atoms with Gasteiger partial charge in [0.05, 0.1) is 5.52 Å². The van der Waals surface area contributed by atoms with Gasteiger partial charge in [0.15, 0.2) is 5.58 Å². The third-order valence-electron chi connectivity index (χ3n) is 3.28. The van der Waals surface area contributed by atoms with E-state index in [-0.39, 0.29) is 12.5 Å². The molecule has 1 heterocycles. The number of carbonyl (C=O) groups excluding carboxylic acids is 1. The van der Waals surface area contributed by atoms with Crippen molar-refractivity contribution < 1.29 is 9.21 Å². The van der Waals surface area contributed by atoms with Crippen LogP contribution >= 0.6 is 0 Å². The molecular weight excluding hydrogens is 246 g/mol. The highest BCUT2D eigenvalue weighted by Crippen LogP contribution is 2.27. The lowest BCUT2D eigenvalue weighted by molar-refractivity contribution is -0.121. The van der Waals surface area contributed by atoms with Crippen LogP contribution in [0.2, 0.25) is 0 Å². The number of nitrogens with two attached hydrogens (primary N) is 1. The quantitative estimate of drug-likeness (QED) is 0.793. The molecule has 6 heteroatoms. The Labute approximate surface area is 109 Å². The molecule has 0 bridgehead atoms. The van der Waals surface area contributed by atoms with E-state index in [0.29, 0.717) is 29.2 Å². The van der Waals surface area contributed by atoms with E-state index in [1.165, 1.54) is 17.4 Å². The van der Waals surface area contributed by atoms with Gasteiger partial charge in [0.2, 0.25) is 5.91 Å². The third-order valence-corrected chi connectivity index (χ3v) is 3.28. The zero-order valence-electron chi connectivity index (χ0n) is 10.4. The van der Waals surface area contributed by atoms with Gasteiger partial charge < -0.3 is 15.5 Å². The maximum Gasteiger partial charge on any atom is 0.420 e. The van der Waals surface area contributed by atoms with Gasteiger partial charge in [-0.3, -0.25) is 9.36 Å². The van der Waals surface area contributed by atoms with Crippen molar-refractivity contribution in [1.82, 2.24) is 9.88 Å². The summed E-state index contributed by atoms with van der Waals surface area (Å²) in [5, 5.41) is 2.82. The molecule has 1 aromatic carbocycles. The maximum atomic E-state index is 11.8. The van der Waals surface area contributed by atoms with Gasteiger partial charge in [0, 0.05) is 12.2 Å². The number of fused-ring (bicyclic) bond motifs is 1. The van der Waals surface area contributed by atoms with E-state index in [4.69, 9.17) is 10.2 Å². The molecule has 1 amide bonds. The molecule has 0 aliphatic heterocycles. The first-order chi connectivity index (χ1) is 9.13. The van der Waals surface area contributed by atoms with Gasteiger partial charge in [-0.2, -0.15) is 0 Å². The van der Waals surface area contributed by atoms with Gasteiger partial charge in [0.1, 0.15) is 6.54 Å². The molecule has 2 aromatic rings. The third kappa shape index (κ3) is 2.47. The van der Waals surface area contributed by atoms with Crippen molar-refractivity contribution in [3.05, 3.63) is 28.7 Å². The van der Waals surface area contributed by atoms with Crippen molar-refractivity contribution in [2.24, 2.45) is 5.92 Å². The Balaban J connectivity index is 1.82. The fraction of sp³-hybridized carbons (Fsp3) is 0.385. The van der Waals surface area contributed by atoms with E-state index in [2.05, 4.69) is 5.32 Å². The summed E-state index contributed by atoms with van der Waals surface area (Å²) in [6.07, 6.45) is 2.34. The maximum absolute atomic E-state index is 11.8. The SMILES string of the molecule is Nc1ccc2oc(=O)n(CC(=O)NCC3CC3)c2c1. The monoisotopic (exact) mass is 261 g/mol. The van der Waals surface area contributed by atoms with Crippen LogP contribution in [0.4, 0.5) is 5.69 Å². The Morgan fingerprint density at radius 3 is 3.00 bits per heavy atom. The largest absolute Gasteiger partial charge is 0.420 e. The first-order valence-electron chi connectivity index (χ1n) is 6.29. The summed E-state index contributed by atoms with van der Waals surface area (Å²) in [5.41, 5.74) is 7.20. The lowest BCUT2D eigenvalue weighted by Gasteiger charge is -2.04. The number of oxazole rings is 1. The molecule has 1 aliphatic carbocycles. The van der Waals surface area contributed by atoms with Gasteiger partial charge in [-0.15, -0.1) is 0 Å². The molecule has 3 N–H and O–H groups in total. The molecule has 3 rings (SSSR count). The molecule has 100 valence electrons. The first-order valence-corrected chi connectivity index (χ1v) is 6.29. The van der Waals surface area contributed by atoms with Gasteiger partial charge in [-0.1, -0.05) is 0 Å². The highest BCUT2D eigenvalue weighted by atomic mass is 16.4. The van der Waals surface area contributed by atoms with Crippen LogP contribution in [-0.2, 0) is 11.3 Å². The van der Waals surface area contributed by atoms with Crippen molar-refractivity contribution in [3.8, 4) is 0 Å². The Hall–Kier alpha value is -2.24. The number of carbonyl (C=O) groups is 1. The highest BCUT2D eigenvalue weighted by Gasteiger charge is 2.22. The number of nitrogens with one attached hydrogen (secondary N) is 1. The van der Waals surface area contributed by atoms with Crippen LogP contribution in [0.5, 0.6) is 0 Å². The number of benzene rings is 1. The predicted octanol–water partition coefficient (Wildman–Crippen LogP) is 0.703. The molecule has 1 saturated carbocycles. The molecule has 0 radical (unpaired) electrons. The van der Waals surface area contributed by atoms with E-state index < -0.39 is 5.76 Å². The van der Waals surface area contributed by atoms with Gasteiger partial charge in [-0.05, 0) is 37.0 Å². The van der Waals surface area contributed by atoms with Crippen LogP contribution in [0.3, 0.4) is 0 Å². The topological polar surface area (TPSA) is 90.3 Å². The second-order valence-corrected chi connectivity index (χ2v) is 4.93. The summed E-state index contributed by atoms with van der Waals surface area (Å²) in [4.78, 5) is 23.5. The van der Waals surface area contributed by atoms with Crippen molar-refractivity contribution in [2.75, 3.05) is 12.3 Å². The second kappa shape index (κ2) is 4.46. The average molecular weight is 261 g/mol. The summed E-state index contributed by atoms with van der Waals surface area (Å²) in [6.45, 7) is 0.646. The number of nitrogen functional groups attached to an aromatic ring is 1. The normalized spacial score (nSPS) is 14.7. The number of hydrogen-bond acceptors (Lipinski definition) is 4. The number of rotatable bonds is 4. The summed E-state index contributed by atoms with van der Waals surface area (Å²) < 4.78 is 6.36. The number of anilines is 1. The lowest BCUT2D eigenvalue weighted by Crippen LogP contribution is -2.32. The van der Waals surface area contributed by atoms with Crippen molar-refractivity contribution in [3.63, 3.8) is 0 Å². The van der Waals surface area contributed by atoms with Gasteiger partial charge in [-0.25, -0.2) is 4.79 Å². The number of nitrogens with zero attached hydrogens (tertiary/aromatic N) is 1. The fourth-order valence-corrected chi connectivity index (χ4v) is 2.01. The zero-order chi connectivity index (χ0) is 13.4. The minimum absolute atomic E-state index is 0.0397. The Kier molecular flexibility index (Phi) is 2.77. The molecule has 6 nitrogen and oxygen atoms in total. The molecule has 0 saturated heterocycles. The summed E-state index contributed by atoms with van der Waals surface area (Å²) >= 11 is 0. The standard InChI is InChI=1S/C13H15N3O3/c14-9-3-4-11-10(5-9)16(13(18)19-11)7-12(17)15-6-8-1-2-8/h3-5,8H,1-2,6-7,14H2,(H,15,17). The molecule has 1 aromatic heterocycles. The molecule has 1 aliphatic rings. The molecule has 0 spiro atoms. The number of amides is 1. The molecule has 0 unspecified atom stereocenters. The van der Waals surface area contributed by atoms with Crippen molar-refractivity contribution >= 4 is 22.7 Å². The summed E-state index contributed by atoms with van der Waals surface area (Å²) in [7, 11) is 0. The van der Waals surface area contributed by atoms with E-state index >= 15 is 0 Å². The van der Waals surface area contributed by atoms with Crippen LogP contribution in [0.15, 0.2) is 27.4 Å². The van der Waals surface area contributed by atoms with Gasteiger partial charge in [0.25, 0.3) is 0 Å². The summed E-state index contributed by atoms with van der Waals surface area (Å²) in [6, 6.07) is 4.92. The predicted molar refractivity (Wildman–Crippen MR) is 70.6 cm³/mol. The van der Waals surface area contributed by atoms with Crippen LogP contribution < -0.4 is 16.8 Å². The van der Waals surface area contributed by atoms with Crippen molar-refractivity contribution in [1.29, 1.82) is 0 Å². The van der Waals surface area contributed by atoms with Crippen LogP contribution in [0.1, 0.15) is 12.8 Å². The van der Waals surface area contributed by atoms with E-state index in [0.717, 1.165) is 0 Å². The van der Waals surface area contributed by atoms with E-state index in [1.54, 1.807) is 18.2 Å². The van der Waals surface area contributed by atoms with Gasteiger partial charge >= 0.3 is 5.76 Å². The second-order valence-electron chi connectivity index (χ2n) is 4.93. The number of hydrogen-bond donors (Lipinski definition) is 2. The van der Waals surface area contributed by atoms with E-state index in [1.807, 2.05) is 0 Å². The first kappa shape index (κ1) is 11.8. The van der Waals surface area contributed by atoms with Crippen LogP contribution in [0, 0.1) is 5.92 Å². The van der Waals surface area contributed by atoms with Crippen LogP contribution in [-0.4, -0.2) is 17.0 Å². The average Bonchev–Trinajstić information content (AvgIpc) is 3.15. The minimum atomic E-state index is -0.540. The fourth-order valence-electron chi connectivity index (χ4n) is 2.01. The zero-order valence-corrected chi connectivity index (χ0v) is 10.4. The van der Waals surface area contributed by atoms with Crippen molar-refractivity contribution in [2.45, 2.75) is 19.4 Å². The highest BCUT2D eigenvalue weighted by molar-refractivity contribution is 5.81. The molecular formula is C13H15N3O3. The molecule has 1 fully saturated rings.